The number of carbonyl (C=O) groups is 3. The van der Waals surface area contributed by atoms with Gasteiger partial charge in [-0.1, -0.05) is 12.1 Å². The van der Waals surface area contributed by atoms with Crippen molar-refractivity contribution >= 4 is 50.0 Å². The molecule has 188 valence electrons. The summed E-state index contributed by atoms with van der Waals surface area (Å²) in [5, 5.41) is 5.12. The van der Waals surface area contributed by atoms with Crippen molar-refractivity contribution in [2.45, 2.75) is 31.1 Å². The lowest BCUT2D eigenvalue weighted by molar-refractivity contribution is 0.0925. The lowest BCUT2D eigenvalue weighted by Gasteiger charge is -2.13. The van der Waals surface area contributed by atoms with E-state index in [4.69, 9.17) is 4.74 Å². The molecule has 0 spiro atoms. The zero-order chi connectivity index (χ0) is 25.9. The minimum Gasteiger partial charge on any atom is -0.450 e. The molecule has 0 unspecified atom stereocenters. The molecule has 0 saturated carbocycles. The van der Waals surface area contributed by atoms with Crippen molar-refractivity contribution in [3.63, 3.8) is 0 Å². The first-order valence-electron chi connectivity index (χ1n) is 11.0. The molecule has 3 amide bonds. The average molecular weight is 532 g/mol. The number of sulfonamides is 1. The van der Waals surface area contributed by atoms with Gasteiger partial charge in [0.05, 0.1) is 28.3 Å². The number of amides is 3. The molecule has 3 aromatic rings. The molecule has 1 heterocycles. The predicted octanol–water partition coefficient (Wildman–Crippen LogP) is 4.32. The van der Waals surface area contributed by atoms with Crippen molar-refractivity contribution < 1.29 is 31.9 Å². The maximum Gasteiger partial charge on any atom is 0.414 e. The molecule has 1 aliphatic rings. The topological polar surface area (TPSA) is 131 Å². The molecule has 4 rings (SSSR count). The third-order valence-electron chi connectivity index (χ3n) is 5.41. The van der Waals surface area contributed by atoms with Crippen LogP contribution in [0.4, 0.5) is 19.9 Å². The van der Waals surface area contributed by atoms with Crippen LogP contribution in [-0.4, -0.2) is 32.9 Å². The number of imide groups is 1. The van der Waals surface area contributed by atoms with Gasteiger partial charge in [0, 0.05) is 4.88 Å². The number of anilines is 2. The number of nitrogens with one attached hydrogen (secondary N) is 3. The summed E-state index contributed by atoms with van der Waals surface area (Å²) in [5.41, 5.74) is 0.968. The number of alkyl carbamates (subject to hydrolysis) is 1. The van der Waals surface area contributed by atoms with E-state index >= 15 is 0 Å². The summed E-state index contributed by atoms with van der Waals surface area (Å²) in [5.74, 6) is -1.93. The first kappa shape index (κ1) is 25.3. The number of aryl methyl sites for hydroxylation is 1. The number of rotatable bonds is 7. The van der Waals surface area contributed by atoms with E-state index < -0.39 is 33.7 Å². The molecule has 9 nitrogen and oxygen atoms in total. The summed E-state index contributed by atoms with van der Waals surface area (Å²) in [6.07, 6.45) is 1.33. The fourth-order valence-corrected chi connectivity index (χ4v) is 6.17. The normalized spacial score (nSPS) is 12.5. The van der Waals surface area contributed by atoms with E-state index in [1.54, 1.807) is 19.1 Å². The number of carbonyl (C=O) groups excluding carboxylic acids is 3. The van der Waals surface area contributed by atoms with Crippen LogP contribution in [-0.2, 0) is 27.6 Å². The van der Waals surface area contributed by atoms with E-state index in [-0.39, 0.29) is 33.3 Å². The average Bonchev–Trinajstić information content (AvgIpc) is 3.40. The lowest BCUT2D eigenvalue weighted by Crippen LogP contribution is -2.32. The van der Waals surface area contributed by atoms with Gasteiger partial charge in [0.25, 0.3) is 21.8 Å². The standard InChI is InChI=1S/C24H22FN3O6S2/c1-2-34-24(31)27-22(30)20-17-7-5-9-19(17)35-23(20)26-21(29)16-6-3-4-8-18(16)28-36(32,33)15-12-10-14(25)11-13-15/h3-4,6,8,10-13,28H,2,5,7,9H2,1H3,(H,26,29)(H,27,30,31). The van der Waals surface area contributed by atoms with Crippen LogP contribution < -0.4 is 15.4 Å². The molecule has 0 saturated heterocycles. The van der Waals surface area contributed by atoms with Gasteiger partial charge in [-0.3, -0.25) is 19.6 Å². The lowest BCUT2D eigenvalue weighted by atomic mass is 10.1. The molecule has 0 aliphatic heterocycles. The summed E-state index contributed by atoms with van der Waals surface area (Å²) in [4.78, 5) is 38.6. The van der Waals surface area contributed by atoms with Crippen molar-refractivity contribution in [2.24, 2.45) is 0 Å². The van der Waals surface area contributed by atoms with E-state index in [1.807, 2.05) is 0 Å². The Labute approximate surface area is 210 Å². The second-order valence-corrected chi connectivity index (χ2v) is 10.6. The van der Waals surface area contributed by atoms with Gasteiger partial charge in [0.2, 0.25) is 0 Å². The van der Waals surface area contributed by atoms with E-state index in [9.17, 15) is 27.2 Å². The van der Waals surface area contributed by atoms with Crippen LogP contribution in [0.2, 0.25) is 0 Å². The van der Waals surface area contributed by atoms with Gasteiger partial charge in [0.1, 0.15) is 10.8 Å². The number of ether oxygens (including phenoxy) is 1. The van der Waals surface area contributed by atoms with E-state index in [0.29, 0.717) is 6.42 Å². The summed E-state index contributed by atoms with van der Waals surface area (Å²) in [6, 6.07) is 10.2. The summed E-state index contributed by atoms with van der Waals surface area (Å²) < 4.78 is 45.9. The van der Waals surface area contributed by atoms with Gasteiger partial charge < -0.3 is 10.1 Å². The summed E-state index contributed by atoms with van der Waals surface area (Å²) >= 11 is 1.24. The first-order chi connectivity index (χ1) is 17.2. The zero-order valence-corrected chi connectivity index (χ0v) is 20.7. The third-order valence-corrected chi connectivity index (χ3v) is 8.00. The fourth-order valence-electron chi connectivity index (χ4n) is 3.81. The maximum absolute atomic E-state index is 13.2. The number of fused-ring (bicyclic) bond motifs is 1. The molecule has 3 N–H and O–H groups in total. The Morgan fingerprint density at radius 2 is 1.75 bits per heavy atom. The molecule has 0 bridgehead atoms. The third kappa shape index (κ3) is 5.39. The second-order valence-electron chi connectivity index (χ2n) is 7.80. The van der Waals surface area contributed by atoms with Crippen molar-refractivity contribution in [3.8, 4) is 0 Å². The summed E-state index contributed by atoms with van der Waals surface area (Å²) in [7, 11) is -4.11. The van der Waals surface area contributed by atoms with Crippen LogP contribution in [0, 0.1) is 5.82 Å². The highest BCUT2D eigenvalue weighted by atomic mass is 32.2. The molecular weight excluding hydrogens is 509 g/mol. The van der Waals surface area contributed by atoms with Crippen molar-refractivity contribution in [1.82, 2.24) is 5.32 Å². The van der Waals surface area contributed by atoms with Gasteiger partial charge in [0.15, 0.2) is 0 Å². The number of para-hydroxylation sites is 1. The molecule has 1 aromatic heterocycles. The molecule has 1 aliphatic carbocycles. The van der Waals surface area contributed by atoms with Crippen LogP contribution in [0.25, 0.3) is 0 Å². The molecular formula is C24H22FN3O6S2. The monoisotopic (exact) mass is 531 g/mol. The van der Waals surface area contributed by atoms with Crippen molar-refractivity contribution in [3.05, 3.63) is 75.9 Å². The predicted molar refractivity (Wildman–Crippen MR) is 132 cm³/mol. The SMILES string of the molecule is CCOC(=O)NC(=O)c1c(NC(=O)c2ccccc2NS(=O)(=O)c2ccc(F)cc2)sc2c1CCC2. The number of hydrogen-bond donors (Lipinski definition) is 3. The van der Waals surface area contributed by atoms with E-state index in [0.717, 1.165) is 47.5 Å². The van der Waals surface area contributed by atoms with Gasteiger partial charge in [-0.15, -0.1) is 11.3 Å². The number of thiophene rings is 1. The largest absolute Gasteiger partial charge is 0.450 e. The first-order valence-corrected chi connectivity index (χ1v) is 13.3. The van der Waals surface area contributed by atoms with Crippen LogP contribution in [0.15, 0.2) is 53.4 Å². The Morgan fingerprint density at radius 1 is 1.03 bits per heavy atom. The van der Waals surface area contributed by atoms with Gasteiger partial charge in [-0.25, -0.2) is 17.6 Å². The van der Waals surface area contributed by atoms with Crippen LogP contribution in [0.1, 0.15) is 44.5 Å². The number of halogens is 1. The molecule has 2 aromatic carbocycles. The Balaban J connectivity index is 1.61. The molecule has 12 heteroatoms. The maximum atomic E-state index is 13.2. The van der Waals surface area contributed by atoms with Crippen LogP contribution >= 0.6 is 11.3 Å². The minimum atomic E-state index is -4.11. The van der Waals surface area contributed by atoms with E-state index in [2.05, 4.69) is 15.4 Å². The Hall–Kier alpha value is -3.77. The van der Waals surface area contributed by atoms with Crippen molar-refractivity contribution in [1.29, 1.82) is 0 Å². The van der Waals surface area contributed by atoms with Gasteiger partial charge >= 0.3 is 6.09 Å². The fraction of sp³-hybridized carbons (Fsp3) is 0.208. The Kier molecular flexibility index (Phi) is 7.36. The Morgan fingerprint density at radius 3 is 2.47 bits per heavy atom. The molecule has 0 radical (unpaired) electrons. The van der Waals surface area contributed by atoms with Crippen molar-refractivity contribution in [2.75, 3.05) is 16.6 Å². The molecule has 0 atom stereocenters. The summed E-state index contributed by atoms with van der Waals surface area (Å²) in [6.45, 7) is 1.70. The second kappa shape index (κ2) is 10.5. The molecule has 0 fully saturated rings. The Bertz CT molecular complexity index is 1430. The molecule has 36 heavy (non-hydrogen) atoms. The minimum absolute atomic E-state index is 0.000877. The van der Waals surface area contributed by atoms with Gasteiger partial charge in [-0.2, -0.15) is 0 Å². The smallest absolute Gasteiger partial charge is 0.414 e. The highest BCUT2D eigenvalue weighted by molar-refractivity contribution is 7.92. The highest BCUT2D eigenvalue weighted by Crippen LogP contribution is 2.39. The van der Waals surface area contributed by atoms with E-state index in [1.165, 1.54) is 23.5 Å². The number of benzene rings is 2. The van der Waals surface area contributed by atoms with Crippen LogP contribution in [0.3, 0.4) is 0 Å². The number of hydrogen-bond acceptors (Lipinski definition) is 7. The highest BCUT2D eigenvalue weighted by Gasteiger charge is 2.29. The quantitative estimate of drug-likeness (QED) is 0.416. The zero-order valence-electron chi connectivity index (χ0n) is 19.1. The van der Waals surface area contributed by atoms with Crippen LogP contribution in [0.5, 0.6) is 0 Å². The van der Waals surface area contributed by atoms with Gasteiger partial charge in [-0.05, 0) is 68.1 Å².